The Morgan fingerprint density at radius 3 is 2.38 bits per heavy atom. The van der Waals surface area contributed by atoms with E-state index in [4.69, 9.17) is 0 Å². The minimum atomic E-state index is -0.353. The lowest BCUT2D eigenvalue weighted by atomic mass is 10.0. The molecule has 21 heavy (non-hydrogen) atoms. The van der Waals surface area contributed by atoms with E-state index in [9.17, 15) is 5.11 Å². The lowest BCUT2D eigenvalue weighted by Crippen LogP contribution is -2.33. The van der Waals surface area contributed by atoms with Gasteiger partial charge in [0.15, 0.2) is 0 Å². The fraction of sp³-hybridized carbons (Fsp3) is 0.389. The molecule has 0 aliphatic rings. The predicted octanol–water partition coefficient (Wildman–Crippen LogP) is 3.07. The third kappa shape index (κ3) is 4.66. The van der Waals surface area contributed by atoms with E-state index in [1.807, 2.05) is 42.7 Å². The van der Waals surface area contributed by atoms with Gasteiger partial charge in [-0.2, -0.15) is 0 Å². The molecule has 0 fully saturated rings. The Labute approximate surface area is 127 Å². The summed E-state index contributed by atoms with van der Waals surface area (Å²) >= 11 is 0. The van der Waals surface area contributed by atoms with E-state index in [2.05, 4.69) is 36.0 Å². The summed E-state index contributed by atoms with van der Waals surface area (Å²) in [6.07, 6.45) is 5.00. The van der Waals surface area contributed by atoms with Gasteiger partial charge in [0.1, 0.15) is 0 Å². The van der Waals surface area contributed by atoms with Crippen LogP contribution in [0.1, 0.15) is 30.5 Å². The van der Waals surface area contributed by atoms with Crippen molar-refractivity contribution in [2.75, 3.05) is 13.6 Å². The highest BCUT2D eigenvalue weighted by Gasteiger charge is 2.18. The molecule has 1 aromatic carbocycles. The van der Waals surface area contributed by atoms with Crippen LogP contribution in [0, 0.1) is 0 Å². The van der Waals surface area contributed by atoms with Crippen LogP contribution in [-0.4, -0.2) is 34.7 Å². The number of hydrogen-bond donors (Lipinski definition) is 1. The first-order valence-electron chi connectivity index (χ1n) is 7.53. The monoisotopic (exact) mass is 284 g/mol. The Morgan fingerprint density at radius 2 is 1.76 bits per heavy atom. The summed E-state index contributed by atoms with van der Waals surface area (Å²) in [6, 6.07) is 14.6. The van der Waals surface area contributed by atoms with Gasteiger partial charge in [0, 0.05) is 25.0 Å². The second-order valence-electron chi connectivity index (χ2n) is 5.49. The van der Waals surface area contributed by atoms with Crippen LogP contribution in [0.3, 0.4) is 0 Å². The maximum atomic E-state index is 10.3. The minimum absolute atomic E-state index is 0.318. The number of aliphatic hydroxyl groups excluding tert-OH is 1. The summed E-state index contributed by atoms with van der Waals surface area (Å²) < 4.78 is 0. The van der Waals surface area contributed by atoms with Gasteiger partial charge < -0.3 is 5.11 Å². The van der Waals surface area contributed by atoms with Crippen molar-refractivity contribution in [3.8, 4) is 0 Å². The molecule has 2 rings (SSSR count). The molecule has 0 aliphatic heterocycles. The van der Waals surface area contributed by atoms with Crippen molar-refractivity contribution in [3.63, 3.8) is 0 Å². The summed E-state index contributed by atoms with van der Waals surface area (Å²) in [6.45, 7) is 2.83. The largest absolute Gasteiger partial charge is 0.391 e. The Morgan fingerprint density at radius 1 is 1.10 bits per heavy atom. The molecule has 0 radical (unpaired) electrons. The fourth-order valence-electron chi connectivity index (χ4n) is 2.80. The van der Waals surface area contributed by atoms with Crippen LogP contribution in [-0.2, 0) is 6.42 Å². The zero-order valence-corrected chi connectivity index (χ0v) is 12.8. The molecule has 0 saturated heterocycles. The summed E-state index contributed by atoms with van der Waals surface area (Å²) in [5, 5.41) is 10.3. The Bertz CT molecular complexity index is 515. The first-order valence-corrected chi connectivity index (χ1v) is 7.53. The number of aliphatic hydroxyl groups is 1. The fourth-order valence-corrected chi connectivity index (χ4v) is 2.80. The standard InChI is InChI=1S/C18H24N2O/c1-3-18(16-9-11-19-12-10-16)20(2)14-17(21)13-15-7-5-4-6-8-15/h4-12,17-18,21H,3,13-14H2,1-2H3. The molecule has 0 aliphatic carbocycles. The van der Waals surface area contributed by atoms with E-state index < -0.39 is 0 Å². The van der Waals surface area contributed by atoms with Crippen LogP contribution in [0.15, 0.2) is 54.9 Å². The van der Waals surface area contributed by atoms with Crippen molar-refractivity contribution < 1.29 is 5.11 Å². The molecule has 3 heteroatoms. The third-order valence-corrected chi connectivity index (χ3v) is 3.82. The van der Waals surface area contributed by atoms with Crippen molar-refractivity contribution in [1.29, 1.82) is 0 Å². The summed E-state index contributed by atoms with van der Waals surface area (Å²) in [7, 11) is 2.07. The number of benzene rings is 1. The molecular weight excluding hydrogens is 260 g/mol. The maximum Gasteiger partial charge on any atom is 0.0707 e. The number of pyridine rings is 1. The van der Waals surface area contributed by atoms with Gasteiger partial charge >= 0.3 is 0 Å². The molecule has 1 heterocycles. The van der Waals surface area contributed by atoms with Gasteiger partial charge in [0.05, 0.1) is 6.10 Å². The highest BCUT2D eigenvalue weighted by atomic mass is 16.3. The van der Waals surface area contributed by atoms with E-state index >= 15 is 0 Å². The van der Waals surface area contributed by atoms with Crippen molar-refractivity contribution in [2.24, 2.45) is 0 Å². The molecule has 0 bridgehead atoms. The molecule has 3 nitrogen and oxygen atoms in total. The van der Waals surface area contributed by atoms with Crippen molar-refractivity contribution in [1.82, 2.24) is 9.88 Å². The van der Waals surface area contributed by atoms with Gasteiger partial charge in [-0.15, -0.1) is 0 Å². The van der Waals surface area contributed by atoms with E-state index in [-0.39, 0.29) is 6.10 Å². The Hall–Kier alpha value is -1.71. The second-order valence-corrected chi connectivity index (χ2v) is 5.49. The zero-order chi connectivity index (χ0) is 15.1. The van der Waals surface area contributed by atoms with Crippen LogP contribution in [0.25, 0.3) is 0 Å². The van der Waals surface area contributed by atoms with Gasteiger partial charge in [-0.25, -0.2) is 0 Å². The molecule has 2 unspecified atom stereocenters. The first kappa shape index (κ1) is 15.7. The number of likely N-dealkylation sites (N-methyl/N-ethyl adjacent to an activating group) is 1. The summed E-state index contributed by atoms with van der Waals surface area (Å²) in [4.78, 5) is 6.30. The van der Waals surface area contributed by atoms with Crippen LogP contribution >= 0.6 is 0 Å². The van der Waals surface area contributed by atoms with E-state index in [1.165, 1.54) is 11.1 Å². The molecule has 0 spiro atoms. The van der Waals surface area contributed by atoms with Crippen molar-refractivity contribution >= 4 is 0 Å². The van der Waals surface area contributed by atoms with Gasteiger partial charge in [-0.1, -0.05) is 37.3 Å². The lowest BCUT2D eigenvalue weighted by molar-refractivity contribution is 0.102. The molecule has 0 saturated carbocycles. The topological polar surface area (TPSA) is 36.4 Å². The summed E-state index contributed by atoms with van der Waals surface area (Å²) in [5.74, 6) is 0. The first-order chi connectivity index (χ1) is 10.2. The molecule has 2 atom stereocenters. The number of rotatable bonds is 7. The van der Waals surface area contributed by atoms with Gasteiger partial charge in [-0.3, -0.25) is 9.88 Å². The SMILES string of the molecule is CCC(c1ccncc1)N(C)CC(O)Cc1ccccc1. The van der Waals surface area contributed by atoms with E-state index in [1.54, 1.807) is 0 Å². The van der Waals surface area contributed by atoms with Crippen LogP contribution in [0.2, 0.25) is 0 Å². The van der Waals surface area contributed by atoms with E-state index in [0.29, 0.717) is 19.0 Å². The molecule has 1 N–H and O–H groups in total. The second kappa shape index (κ2) is 7.91. The average Bonchev–Trinajstić information content (AvgIpc) is 2.50. The van der Waals surface area contributed by atoms with Crippen molar-refractivity contribution in [3.05, 3.63) is 66.0 Å². The zero-order valence-electron chi connectivity index (χ0n) is 12.8. The van der Waals surface area contributed by atoms with Crippen LogP contribution < -0.4 is 0 Å². The van der Waals surface area contributed by atoms with Crippen LogP contribution in [0.5, 0.6) is 0 Å². The molecule has 1 aromatic heterocycles. The number of nitrogens with zero attached hydrogens (tertiary/aromatic N) is 2. The van der Waals surface area contributed by atoms with Gasteiger partial charge in [0.2, 0.25) is 0 Å². The smallest absolute Gasteiger partial charge is 0.0707 e. The molecular formula is C18H24N2O. The van der Waals surface area contributed by atoms with Gasteiger partial charge in [-0.05, 0) is 43.1 Å². The Balaban J connectivity index is 1.94. The minimum Gasteiger partial charge on any atom is -0.391 e. The molecule has 0 amide bonds. The predicted molar refractivity (Wildman–Crippen MR) is 86.1 cm³/mol. The van der Waals surface area contributed by atoms with Gasteiger partial charge in [0.25, 0.3) is 0 Å². The maximum absolute atomic E-state index is 10.3. The Kier molecular flexibility index (Phi) is 5.90. The molecule has 2 aromatic rings. The molecule has 112 valence electrons. The van der Waals surface area contributed by atoms with Crippen LogP contribution in [0.4, 0.5) is 0 Å². The number of hydrogen-bond acceptors (Lipinski definition) is 3. The van der Waals surface area contributed by atoms with E-state index in [0.717, 1.165) is 6.42 Å². The van der Waals surface area contributed by atoms with Crippen molar-refractivity contribution in [2.45, 2.75) is 31.9 Å². The third-order valence-electron chi connectivity index (χ3n) is 3.82. The normalized spacial score (nSPS) is 14.1. The number of aromatic nitrogens is 1. The quantitative estimate of drug-likeness (QED) is 0.849. The highest BCUT2D eigenvalue weighted by molar-refractivity contribution is 5.16. The highest BCUT2D eigenvalue weighted by Crippen LogP contribution is 2.22. The average molecular weight is 284 g/mol. The summed E-state index contributed by atoms with van der Waals surface area (Å²) in [5.41, 5.74) is 2.43. The lowest BCUT2D eigenvalue weighted by Gasteiger charge is -2.29.